The first kappa shape index (κ1) is 18.9. The van der Waals surface area contributed by atoms with Gasteiger partial charge in [-0.1, -0.05) is 41.9 Å². The van der Waals surface area contributed by atoms with E-state index in [4.69, 9.17) is 11.6 Å². The van der Waals surface area contributed by atoms with E-state index in [0.29, 0.717) is 16.3 Å². The van der Waals surface area contributed by atoms with Crippen LogP contribution in [0.4, 0.5) is 0 Å². The van der Waals surface area contributed by atoms with Gasteiger partial charge >= 0.3 is 11.8 Å². The predicted molar refractivity (Wildman–Crippen MR) is 111 cm³/mol. The molecule has 3 aromatic rings. The molecule has 1 aliphatic carbocycles. The van der Waals surface area contributed by atoms with Gasteiger partial charge in [-0.2, -0.15) is 10.2 Å². The van der Waals surface area contributed by atoms with Crippen molar-refractivity contribution < 1.29 is 9.59 Å². The Morgan fingerprint density at radius 2 is 1.90 bits per heavy atom. The Balaban J connectivity index is 1.59. The fraction of sp³-hybridized carbons (Fsp3) is 0.143. The van der Waals surface area contributed by atoms with Gasteiger partial charge in [0.1, 0.15) is 5.69 Å². The monoisotopic (exact) mass is 407 g/mol. The van der Waals surface area contributed by atoms with Crippen molar-refractivity contribution in [1.82, 2.24) is 20.5 Å². The molecule has 0 radical (unpaired) electrons. The Kier molecular flexibility index (Phi) is 5.39. The maximum absolute atomic E-state index is 11.8. The van der Waals surface area contributed by atoms with Gasteiger partial charge in [-0.25, -0.2) is 10.1 Å². The van der Waals surface area contributed by atoms with Gasteiger partial charge in [0, 0.05) is 28.4 Å². The molecule has 0 atom stereocenters. The number of carbonyl (C=O) groups is 2. The molecule has 0 aliphatic heterocycles. The summed E-state index contributed by atoms with van der Waals surface area (Å²) in [6.07, 6.45) is 5.07. The van der Waals surface area contributed by atoms with Crippen LogP contribution in [0, 0.1) is 0 Å². The lowest BCUT2D eigenvalue weighted by atomic mass is 10.1. The molecule has 2 aromatic carbocycles. The molecule has 0 bridgehead atoms. The number of benzene rings is 2. The Morgan fingerprint density at radius 3 is 2.62 bits per heavy atom. The maximum Gasteiger partial charge on any atom is 0.329 e. The van der Waals surface area contributed by atoms with E-state index >= 15 is 0 Å². The molecule has 2 N–H and O–H groups in total. The number of para-hydroxylation sites is 1. The number of carbonyl (C=O) groups excluding carboxylic acids is 2. The van der Waals surface area contributed by atoms with E-state index < -0.39 is 11.8 Å². The van der Waals surface area contributed by atoms with Crippen LogP contribution in [0.5, 0.6) is 0 Å². The standard InChI is InChI=1S/C21H18ClN5O2/c22-16-6-4-5-14(11-16)19-15(13-27(26-19)18-7-2-1-3-8-18)12-23-25-21(29)20(28)24-17-9-10-17/h1-8,11-13,17H,9-10H2,(H,24,28)(H,25,29)/b23-12-. The highest BCUT2D eigenvalue weighted by Crippen LogP contribution is 2.25. The Hall–Kier alpha value is -3.45. The summed E-state index contributed by atoms with van der Waals surface area (Å²) in [4.78, 5) is 23.6. The summed E-state index contributed by atoms with van der Waals surface area (Å²) in [5, 5.41) is 11.8. The summed E-state index contributed by atoms with van der Waals surface area (Å²) in [6, 6.07) is 17.0. The second kappa shape index (κ2) is 8.28. The first-order valence-electron chi connectivity index (χ1n) is 9.15. The average Bonchev–Trinajstić information content (AvgIpc) is 3.44. The Labute approximate surface area is 172 Å². The van der Waals surface area contributed by atoms with Crippen LogP contribution in [0.15, 0.2) is 65.9 Å². The second-order valence-corrected chi connectivity index (χ2v) is 7.11. The highest BCUT2D eigenvalue weighted by molar-refractivity contribution is 6.35. The summed E-state index contributed by atoms with van der Waals surface area (Å²) < 4.78 is 1.72. The molecule has 1 heterocycles. The number of aromatic nitrogens is 2. The molecule has 2 amide bonds. The number of hydrogen-bond donors (Lipinski definition) is 2. The van der Waals surface area contributed by atoms with Gasteiger partial charge in [0.05, 0.1) is 11.9 Å². The van der Waals surface area contributed by atoms with E-state index in [2.05, 4.69) is 20.9 Å². The van der Waals surface area contributed by atoms with E-state index in [1.807, 2.05) is 42.5 Å². The first-order chi connectivity index (χ1) is 14.1. The highest BCUT2D eigenvalue weighted by Gasteiger charge is 2.26. The molecular formula is C21H18ClN5O2. The SMILES string of the molecule is O=C(N/N=C\c1cn(-c2ccccc2)nc1-c1cccc(Cl)c1)C(=O)NC1CC1. The fourth-order valence-corrected chi connectivity index (χ4v) is 2.93. The third kappa shape index (κ3) is 4.70. The minimum atomic E-state index is -0.798. The van der Waals surface area contributed by atoms with Crippen molar-refractivity contribution in [1.29, 1.82) is 0 Å². The van der Waals surface area contributed by atoms with Crippen LogP contribution in [-0.2, 0) is 9.59 Å². The number of hydrazone groups is 1. The molecule has 0 saturated heterocycles. The molecule has 0 unspecified atom stereocenters. The zero-order valence-corrected chi connectivity index (χ0v) is 16.1. The van der Waals surface area contributed by atoms with E-state index in [1.54, 1.807) is 23.0 Å². The quantitative estimate of drug-likeness (QED) is 0.387. The van der Waals surface area contributed by atoms with Crippen LogP contribution >= 0.6 is 11.6 Å². The fourth-order valence-electron chi connectivity index (χ4n) is 2.74. The lowest BCUT2D eigenvalue weighted by Crippen LogP contribution is -2.38. The summed E-state index contributed by atoms with van der Waals surface area (Å²) in [6.45, 7) is 0. The van der Waals surface area contributed by atoms with Crippen molar-refractivity contribution in [2.24, 2.45) is 5.10 Å². The zero-order valence-electron chi connectivity index (χ0n) is 15.4. The van der Waals surface area contributed by atoms with Crippen LogP contribution < -0.4 is 10.7 Å². The van der Waals surface area contributed by atoms with Crippen molar-refractivity contribution in [3.05, 3.63) is 71.4 Å². The minimum Gasteiger partial charge on any atom is -0.345 e. The third-order valence-electron chi connectivity index (χ3n) is 4.35. The van der Waals surface area contributed by atoms with Crippen LogP contribution in [0.3, 0.4) is 0 Å². The van der Waals surface area contributed by atoms with Crippen molar-refractivity contribution in [3.63, 3.8) is 0 Å². The summed E-state index contributed by atoms with van der Waals surface area (Å²) in [5.74, 6) is -1.48. The Bertz CT molecular complexity index is 1070. The zero-order chi connectivity index (χ0) is 20.2. The summed E-state index contributed by atoms with van der Waals surface area (Å²) in [5.41, 5.74) is 5.26. The second-order valence-electron chi connectivity index (χ2n) is 6.67. The van der Waals surface area contributed by atoms with Gasteiger partial charge < -0.3 is 5.32 Å². The minimum absolute atomic E-state index is 0.107. The van der Waals surface area contributed by atoms with Gasteiger partial charge in [-0.3, -0.25) is 9.59 Å². The van der Waals surface area contributed by atoms with E-state index in [0.717, 1.165) is 24.1 Å². The third-order valence-corrected chi connectivity index (χ3v) is 4.58. The van der Waals surface area contributed by atoms with Gasteiger partial charge in [0.15, 0.2) is 0 Å². The molecule has 29 heavy (non-hydrogen) atoms. The predicted octanol–water partition coefficient (Wildman–Crippen LogP) is 2.92. The molecule has 0 spiro atoms. The number of halogens is 1. The van der Waals surface area contributed by atoms with Gasteiger partial charge in [0.25, 0.3) is 0 Å². The van der Waals surface area contributed by atoms with Crippen LogP contribution in [-0.4, -0.2) is 33.9 Å². The molecule has 1 saturated carbocycles. The number of nitrogens with zero attached hydrogens (tertiary/aromatic N) is 3. The summed E-state index contributed by atoms with van der Waals surface area (Å²) >= 11 is 6.13. The Morgan fingerprint density at radius 1 is 1.10 bits per heavy atom. The van der Waals surface area contributed by atoms with Crippen molar-refractivity contribution in [3.8, 4) is 16.9 Å². The van der Waals surface area contributed by atoms with Gasteiger partial charge in [0.2, 0.25) is 0 Å². The molecular weight excluding hydrogens is 390 g/mol. The van der Waals surface area contributed by atoms with E-state index in [1.165, 1.54) is 6.21 Å². The van der Waals surface area contributed by atoms with Crippen LogP contribution in [0.2, 0.25) is 5.02 Å². The maximum atomic E-state index is 11.8. The largest absolute Gasteiger partial charge is 0.345 e. The van der Waals surface area contributed by atoms with Crippen LogP contribution in [0.1, 0.15) is 18.4 Å². The van der Waals surface area contributed by atoms with E-state index in [-0.39, 0.29) is 6.04 Å². The number of hydrogen-bond acceptors (Lipinski definition) is 4. The molecule has 1 aromatic heterocycles. The summed E-state index contributed by atoms with van der Waals surface area (Å²) in [7, 11) is 0. The number of amides is 2. The normalized spacial score (nSPS) is 13.4. The van der Waals surface area contributed by atoms with Gasteiger partial charge in [-0.15, -0.1) is 0 Å². The highest BCUT2D eigenvalue weighted by atomic mass is 35.5. The molecule has 146 valence electrons. The molecule has 8 heteroatoms. The molecule has 4 rings (SSSR count). The lowest BCUT2D eigenvalue weighted by molar-refractivity contribution is -0.139. The number of rotatable bonds is 5. The molecule has 1 aliphatic rings. The smallest absolute Gasteiger partial charge is 0.329 e. The lowest BCUT2D eigenvalue weighted by Gasteiger charge is -2.01. The van der Waals surface area contributed by atoms with Gasteiger partial charge in [-0.05, 0) is 37.1 Å². The van der Waals surface area contributed by atoms with Crippen LogP contribution in [0.25, 0.3) is 16.9 Å². The molecule has 7 nitrogen and oxygen atoms in total. The van der Waals surface area contributed by atoms with Crippen molar-refractivity contribution >= 4 is 29.6 Å². The van der Waals surface area contributed by atoms with Crippen molar-refractivity contribution in [2.75, 3.05) is 0 Å². The van der Waals surface area contributed by atoms with Crippen molar-refractivity contribution in [2.45, 2.75) is 18.9 Å². The van der Waals surface area contributed by atoms with E-state index in [9.17, 15) is 9.59 Å². The average molecular weight is 408 g/mol. The molecule has 1 fully saturated rings. The first-order valence-corrected chi connectivity index (χ1v) is 9.53. The number of nitrogens with one attached hydrogen (secondary N) is 2. The topological polar surface area (TPSA) is 88.4 Å².